The Bertz CT molecular complexity index is 902. The molecule has 0 radical (unpaired) electrons. The first-order valence-corrected chi connectivity index (χ1v) is 7.11. The third kappa shape index (κ3) is 4.50. The van der Waals surface area contributed by atoms with Crippen molar-refractivity contribution in [3.05, 3.63) is 63.7 Å². The summed E-state index contributed by atoms with van der Waals surface area (Å²) in [5.74, 6) is -1.89. The van der Waals surface area contributed by atoms with Crippen molar-refractivity contribution < 1.29 is 36.6 Å². The second-order valence-corrected chi connectivity index (χ2v) is 5.14. The first-order chi connectivity index (χ1) is 12.1. The van der Waals surface area contributed by atoms with Gasteiger partial charge in [-0.3, -0.25) is 4.79 Å². The van der Waals surface area contributed by atoms with Crippen LogP contribution in [0.1, 0.15) is 21.7 Å². The number of benzene rings is 1. The maximum absolute atomic E-state index is 12.9. The molecule has 0 aliphatic carbocycles. The van der Waals surface area contributed by atoms with Gasteiger partial charge in [0.05, 0.1) is 0 Å². The van der Waals surface area contributed by atoms with Crippen LogP contribution in [0, 0.1) is 6.92 Å². The standard InChI is InChI=1S/C17H12F4O5/c1-9-7-13(23)14(15(24)25-9)12(22)6-5-10-3-2-4-11(8-10)26-17(20,21)16(18)19/h2-8,16,23H,1H3. The molecule has 0 atom stereocenters. The van der Waals surface area contributed by atoms with Crippen LogP contribution in [0.15, 0.2) is 45.6 Å². The van der Waals surface area contributed by atoms with Crippen molar-refractivity contribution in [3.63, 3.8) is 0 Å². The molecule has 1 aromatic heterocycles. The zero-order chi connectivity index (χ0) is 19.5. The van der Waals surface area contributed by atoms with Gasteiger partial charge in [0.25, 0.3) is 0 Å². The van der Waals surface area contributed by atoms with Crippen LogP contribution in [-0.2, 0) is 0 Å². The molecule has 5 nitrogen and oxygen atoms in total. The molecule has 0 aliphatic heterocycles. The quantitative estimate of drug-likeness (QED) is 0.474. The number of ketones is 1. The van der Waals surface area contributed by atoms with Crippen LogP contribution in [0.2, 0.25) is 0 Å². The van der Waals surface area contributed by atoms with Crippen LogP contribution in [-0.4, -0.2) is 23.4 Å². The molecule has 0 unspecified atom stereocenters. The van der Waals surface area contributed by atoms with E-state index in [4.69, 9.17) is 4.42 Å². The molecule has 0 amide bonds. The van der Waals surface area contributed by atoms with Crippen molar-refractivity contribution in [2.45, 2.75) is 19.5 Å². The smallest absolute Gasteiger partial charge is 0.461 e. The number of hydrogen-bond donors (Lipinski definition) is 1. The van der Waals surface area contributed by atoms with Crippen LogP contribution in [0.5, 0.6) is 11.5 Å². The van der Waals surface area contributed by atoms with Gasteiger partial charge >= 0.3 is 18.2 Å². The molecule has 0 saturated carbocycles. The molecular weight excluding hydrogens is 360 g/mol. The summed E-state index contributed by atoms with van der Waals surface area (Å²) < 4.78 is 58.8. The van der Waals surface area contributed by atoms with Gasteiger partial charge in [-0.15, -0.1) is 0 Å². The second-order valence-electron chi connectivity index (χ2n) is 5.14. The van der Waals surface area contributed by atoms with E-state index in [1.165, 1.54) is 19.1 Å². The number of aromatic hydroxyl groups is 1. The first kappa shape index (κ1) is 19.2. The topological polar surface area (TPSA) is 76.7 Å². The predicted octanol–water partition coefficient (Wildman–Crippen LogP) is 3.79. The molecule has 2 rings (SSSR count). The van der Waals surface area contributed by atoms with Gasteiger partial charge in [0, 0.05) is 6.07 Å². The molecule has 26 heavy (non-hydrogen) atoms. The highest BCUT2D eigenvalue weighted by atomic mass is 19.3. The fraction of sp³-hybridized carbons (Fsp3) is 0.176. The second kappa shape index (κ2) is 7.42. The highest BCUT2D eigenvalue weighted by Gasteiger charge is 2.43. The van der Waals surface area contributed by atoms with Crippen molar-refractivity contribution in [1.82, 2.24) is 0 Å². The van der Waals surface area contributed by atoms with Gasteiger partial charge in [0.15, 0.2) is 5.78 Å². The number of alkyl halides is 4. The third-order valence-electron chi connectivity index (χ3n) is 3.09. The molecule has 1 aromatic carbocycles. The van der Waals surface area contributed by atoms with Crippen LogP contribution < -0.4 is 10.4 Å². The Labute approximate surface area is 144 Å². The lowest BCUT2D eigenvalue weighted by molar-refractivity contribution is -0.253. The number of ether oxygens (including phenoxy) is 1. The molecule has 9 heteroatoms. The van der Waals surface area contributed by atoms with Crippen molar-refractivity contribution in [2.24, 2.45) is 0 Å². The zero-order valence-electron chi connectivity index (χ0n) is 13.2. The number of allylic oxidation sites excluding steroid dienone is 1. The summed E-state index contributed by atoms with van der Waals surface area (Å²) in [6.45, 7) is 1.41. The molecule has 0 aliphatic rings. The van der Waals surface area contributed by atoms with Crippen LogP contribution >= 0.6 is 0 Å². The minimum atomic E-state index is -4.66. The van der Waals surface area contributed by atoms with E-state index in [2.05, 4.69) is 4.74 Å². The molecule has 2 aromatic rings. The largest absolute Gasteiger partial charge is 0.507 e. The number of hydrogen-bond acceptors (Lipinski definition) is 5. The molecule has 1 N–H and O–H groups in total. The lowest BCUT2D eigenvalue weighted by Gasteiger charge is -2.16. The molecule has 1 heterocycles. The monoisotopic (exact) mass is 372 g/mol. The minimum Gasteiger partial charge on any atom is -0.507 e. The molecule has 0 saturated heterocycles. The van der Waals surface area contributed by atoms with Crippen molar-refractivity contribution in [3.8, 4) is 11.5 Å². The molecule has 0 spiro atoms. The van der Waals surface area contributed by atoms with Gasteiger partial charge in [-0.05, 0) is 30.7 Å². The van der Waals surface area contributed by atoms with E-state index < -0.39 is 41.0 Å². The summed E-state index contributed by atoms with van der Waals surface area (Å²) in [7, 11) is 0. The first-order valence-electron chi connectivity index (χ1n) is 7.11. The summed E-state index contributed by atoms with van der Waals surface area (Å²) in [5.41, 5.74) is -1.47. The molecule has 0 fully saturated rings. The van der Waals surface area contributed by atoms with Crippen LogP contribution in [0.4, 0.5) is 17.6 Å². The highest BCUT2D eigenvalue weighted by Crippen LogP contribution is 2.28. The van der Waals surface area contributed by atoms with Gasteiger partial charge in [-0.1, -0.05) is 18.2 Å². The SMILES string of the molecule is Cc1cc(O)c(C(=O)C=Cc2cccc(OC(F)(F)C(F)F)c2)c(=O)o1. The summed E-state index contributed by atoms with van der Waals surface area (Å²) in [6, 6.07) is 5.75. The Balaban J connectivity index is 2.23. The van der Waals surface area contributed by atoms with E-state index in [1.807, 2.05) is 0 Å². The summed E-state index contributed by atoms with van der Waals surface area (Å²) in [6.07, 6.45) is -6.64. The van der Waals surface area contributed by atoms with E-state index in [0.29, 0.717) is 0 Å². The lowest BCUT2D eigenvalue weighted by Crippen LogP contribution is -2.33. The Morgan fingerprint density at radius 1 is 1.31 bits per heavy atom. The number of rotatable bonds is 6. The number of carbonyl (C=O) groups excluding carboxylic acids is 1. The van der Waals surface area contributed by atoms with Gasteiger partial charge in [0.2, 0.25) is 0 Å². The van der Waals surface area contributed by atoms with Gasteiger partial charge < -0.3 is 14.3 Å². The summed E-state index contributed by atoms with van der Waals surface area (Å²) in [5, 5.41) is 9.67. The average molecular weight is 372 g/mol. The van der Waals surface area contributed by atoms with Crippen molar-refractivity contribution in [2.75, 3.05) is 0 Å². The Hall–Kier alpha value is -3.10. The van der Waals surface area contributed by atoms with E-state index in [1.54, 1.807) is 0 Å². The number of aryl methyl sites for hydroxylation is 1. The summed E-state index contributed by atoms with van der Waals surface area (Å²) >= 11 is 0. The molecule has 0 bridgehead atoms. The van der Waals surface area contributed by atoms with Gasteiger partial charge in [0.1, 0.15) is 22.8 Å². The van der Waals surface area contributed by atoms with E-state index in [0.717, 1.165) is 30.4 Å². The Morgan fingerprint density at radius 3 is 2.62 bits per heavy atom. The minimum absolute atomic E-state index is 0.109. The zero-order valence-corrected chi connectivity index (χ0v) is 13.2. The number of halogens is 4. The van der Waals surface area contributed by atoms with E-state index in [-0.39, 0.29) is 11.3 Å². The maximum atomic E-state index is 12.9. The van der Waals surface area contributed by atoms with Crippen LogP contribution in [0.3, 0.4) is 0 Å². The molecule has 138 valence electrons. The van der Waals surface area contributed by atoms with Crippen molar-refractivity contribution in [1.29, 1.82) is 0 Å². The van der Waals surface area contributed by atoms with Crippen molar-refractivity contribution >= 4 is 11.9 Å². The summed E-state index contributed by atoms with van der Waals surface area (Å²) in [4.78, 5) is 23.6. The van der Waals surface area contributed by atoms with Gasteiger partial charge in [-0.25, -0.2) is 4.79 Å². The fourth-order valence-electron chi connectivity index (χ4n) is 1.96. The number of carbonyl (C=O) groups is 1. The van der Waals surface area contributed by atoms with Crippen LogP contribution in [0.25, 0.3) is 6.08 Å². The third-order valence-corrected chi connectivity index (χ3v) is 3.09. The Kier molecular flexibility index (Phi) is 5.49. The fourth-order valence-corrected chi connectivity index (χ4v) is 1.96. The maximum Gasteiger partial charge on any atom is 0.461 e. The van der Waals surface area contributed by atoms with Gasteiger partial charge in [-0.2, -0.15) is 17.6 Å². The predicted molar refractivity (Wildman–Crippen MR) is 82.8 cm³/mol. The Morgan fingerprint density at radius 2 is 2.00 bits per heavy atom. The van der Waals surface area contributed by atoms with E-state index in [9.17, 15) is 32.3 Å². The average Bonchev–Trinajstić information content (AvgIpc) is 2.51. The normalized spacial score (nSPS) is 11.9. The van der Waals surface area contributed by atoms with E-state index >= 15 is 0 Å². The lowest BCUT2D eigenvalue weighted by atomic mass is 10.1. The molecular formula is C17H12F4O5. The highest BCUT2D eigenvalue weighted by molar-refractivity contribution is 6.08.